The molecule has 10 heteroatoms. The number of nitrogens with zero attached hydrogens (tertiary/aromatic N) is 3. The number of aromatic nitrogens is 3. The molecule has 0 saturated heterocycles. The Labute approximate surface area is 169 Å². The minimum atomic E-state index is -4.68. The molecule has 0 spiro atoms. The maximum absolute atomic E-state index is 13.3. The number of hydrogen-bond donors (Lipinski definition) is 2. The van der Waals surface area contributed by atoms with Crippen molar-refractivity contribution in [2.24, 2.45) is 0 Å². The Bertz CT molecular complexity index is 1090. The first kappa shape index (κ1) is 21.0. The SMILES string of the molecule is Cc1cc(-c2c(OC(C)C(=O)O)nc(N)nc2-c2ccccc2)cc(C(F)(F)F)n1. The number of carboxylic acids is 1. The number of nitrogen functional groups attached to an aromatic ring is 1. The van der Waals surface area contributed by atoms with E-state index in [2.05, 4.69) is 15.0 Å². The van der Waals surface area contributed by atoms with Crippen LogP contribution in [0.2, 0.25) is 0 Å². The Hall–Kier alpha value is -3.69. The lowest BCUT2D eigenvalue weighted by Crippen LogP contribution is -2.24. The van der Waals surface area contributed by atoms with Crippen molar-refractivity contribution in [2.45, 2.75) is 26.1 Å². The zero-order valence-electron chi connectivity index (χ0n) is 15.9. The van der Waals surface area contributed by atoms with E-state index in [4.69, 9.17) is 10.5 Å². The predicted octanol–water partition coefficient (Wildman–Crippen LogP) is 3.97. The van der Waals surface area contributed by atoms with Gasteiger partial charge in [-0.3, -0.25) is 0 Å². The van der Waals surface area contributed by atoms with Gasteiger partial charge in [-0.25, -0.2) is 14.8 Å². The van der Waals surface area contributed by atoms with Crippen molar-refractivity contribution in [3.05, 3.63) is 53.9 Å². The third-order valence-corrected chi connectivity index (χ3v) is 4.11. The lowest BCUT2D eigenvalue weighted by atomic mass is 9.99. The molecule has 0 aliphatic carbocycles. The molecule has 7 nitrogen and oxygen atoms in total. The zero-order chi connectivity index (χ0) is 22.1. The minimum absolute atomic E-state index is 0.0706. The van der Waals surface area contributed by atoms with Crippen LogP contribution >= 0.6 is 0 Å². The summed E-state index contributed by atoms with van der Waals surface area (Å²) < 4.78 is 45.5. The van der Waals surface area contributed by atoms with Gasteiger partial charge in [0.25, 0.3) is 0 Å². The van der Waals surface area contributed by atoms with Crippen LogP contribution in [0, 0.1) is 6.92 Å². The lowest BCUT2D eigenvalue weighted by molar-refractivity contribution is -0.144. The number of alkyl halides is 3. The van der Waals surface area contributed by atoms with Gasteiger partial charge in [0.15, 0.2) is 6.10 Å². The number of nitrogens with two attached hydrogens (primary N) is 1. The molecule has 1 aromatic carbocycles. The van der Waals surface area contributed by atoms with Gasteiger partial charge >= 0.3 is 12.1 Å². The van der Waals surface area contributed by atoms with E-state index in [9.17, 15) is 23.1 Å². The summed E-state index contributed by atoms with van der Waals surface area (Å²) in [6, 6.07) is 10.8. The van der Waals surface area contributed by atoms with Gasteiger partial charge < -0.3 is 15.6 Å². The molecular weight excluding hydrogens is 401 g/mol. The second kappa shape index (κ2) is 7.97. The number of benzene rings is 1. The molecule has 3 aromatic rings. The highest BCUT2D eigenvalue weighted by atomic mass is 19.4. The Morgan fingerprint density at radius 2 is 1.77 bits per heavy atom. The first-order chi connectivity index (χ1) is 14.1. The maximum Gasteiger partial charge on any atom is 0.433 e. The molecule has 30 heavy (non-hydrogen) atoms. The normalized spacial score (nSPS) is 12.4. The van der Waals surface area contributed by atoms with Gasteiger partial charge in [0.1, 0.15) is 5.69 Å². The summed E-state index contributed by atoms with van der Waals surface area (Å²) in [4.78, 5) is 23.0. The number of halogens is 3. The number of aliphatic carboxylic acids is 1. The molecule has 3 rings (SSSR count). The number of aryl methyl sites for hydroxylation is 1. The number of hydrogen-bond acceptors (Lipinski definition) is 6. The van der Waals surface area contributed by atoms with Crippen molar-refractivity contribution < 1.29 is 27.8 Å². The molecule has 156 valence electrons. The summed E-state index contributed by atoms with van der Waals surface area (Å²) in [5.41, 5.74) is 5.68. The summed E-state index contributed by atoms with van der Waals surface area (Å²) in [6.45, 7) is 2.69. The van der Waals surface area contributed by atoms with Gasteiger partial charge in [-0.05, 0) is 31.5 Å². The predicted molar refractivity (Wildman–Crippen MR) is 103 cm³/mol. The molecule has 2 heterocycles. The molecule has 1 atom stereocenters. The van der Waals surface area contributed by atoms with Crippen LogP contribution in [0.1, 0.15) is 18.3 Å². The van der Waals surface area contributed by atoms with Crippen molar-refractivity contribution in [1.29, 1.82) is 0 Å². The highest BCUT2D eigenvalue weighted by molar-refractivity contribution is 5.85. The average molecular weight is 418 g/mol. The van der Waals surface area contributed by atoms with E-state index in [1.54, 1.807) is 30.3 Å². The van der Waals surface area contributed by atoms with Gasteiger partial charge in [0.2, 0.25) is 11.8 Å². The van der Waals surface area contributed by atoms with Crippen molar-refractivity contribution in [2.75, 3.05) is 5.73 Å². The van der Waals surface area contributed by atoms with Crippen LogP contribution in [0.3, 0.4) is 0 Å². The van der Waals surface area contributed by atoms with Crippen molar-refractivity contribution >= 4 is 11.9 Å². The Morgan fingerprint density at radius 1 is 1.10 bits per heavy atom. The van der Waals surface area contributed by atoms with Crippen LogP contribution in [0.15, 0.2) is 42.5 Å². The van der Waals surface area contributed by atoms with E-state index in [1.165, 1.54) is 19.9 Å². The highest BCUT2D eigenvalue weighted by Crippen LogP contribution is 2.40. The van der Waals surface area contributed by atoms with Crippen LogP contribution in [0.4, 0.5) is 19.1 Å². The van der Waals surface area contributed by atoms with Gasteiger partial charge in [-0.1, -0.05) is 30.3 Å². The summed E-state index contributed by atoms with van der Waals surface area (Å²) in [6.07, 6.45) is -6.01. The van der Waals surface area contributed by atoms with E-state index in [0.29, 0.717) is 5.56 Å². The minimum Gasteiger partial charge on any atom is -0.479 e. The largest absolute Gasteiger partial charge is 0.479 e. The second-order valence-electron chi connectivity index (χ2n) is 6.46. The highest BCUT2D eigenvalue weighted by Gasteiger charge is 2.34. The number of carbonyl (C=O) groups is 1. The molecule has 0 aliphatic heterocycles. The van der Waals surface area contributed by atoms with Gasteiger partial charge in [0.05, 0.1) is 11.3 Å². The quantitative estimate of drug-likeness (QED) is 0.645. The van der Waals surface area contributed by atoms with E-state index in [-0.39, 0.29) is 34.3 Å². The molecule has 0 aliphatic rings. The fraction of sp³-hybridized carbons (Fsp3) is 0.200. The van der Waals surface area contributed by atoms with Crippen molar-refractivity contribution in [1.82, 2.24) is 15.0 Å². The Morgan fingerprint density at radius 3 is 2.37 bits per heavy atom. The summed E-state index contributed by atoms with van der Waals surface area (Å²) in [7, 11) is 0. The molecule has 0 bridgehead atoms. The van der Waals surface area contributed by atoms with E-state index in [1.807, 2.05) is 0 Å². The third kappa shape index (κ3) is 4.48. The molecule has 0 radical (unpaired) electrons. The fourth-order valence-electron chi connectivity index (χ4n) is 2.78. The lowest BCUT2D eigenvalue weighted by Gasteiger charge is -2.18. The maximum atomic E-state index is 13.3. The van der Waals surface area contributed by atoms with E-state index < -0.39 is 23.9 Å². The number of ether oxygens (including phenoxy) is 1. The first-order valence-electron chi connectivity index (χ1n) is 8.75. The van der Waals surface area contributed by atoms with Crippen LogP contribution in [-0.4, -0.2) is 32.1 Å². The van der Waals surface area contributed by atoms with E-state index >= 15 is 0 Å². The number of pyridine rings is 1. The summed E-state index contributed by atoms with van der Waals surface area (Å²) in [5, 5.41) is 9.20. The van der Waals surface area contributed by atoms with Gasteiger partial charge in [-0.2, -0.15) is 18.2 Å². The van der Waals surface area contributed by atoms with Crippen LogP contribution in [0.25, 0.3) is 22.4 Å². The average Bonchev–Trinajstić information content (AvgIpc) is 2.67. The molecule has 2 aromatic heterocycles. The number of rotatable bonds is 5. The van der Waals surface area contributed by atoms with Crippen molar-refractivity contribution in [3.63, 3.8) is 0 Å². The van der Waals surface area contributed by atoms with Crippen LogP contribution in [-0.2, 0) is 11.0 Å². The monoisotopic (exact) mass is 418 g/mol. The van der Waals surface area contributed by atoms with Crippen molar-refractivity contribution in [3.8, 4) is 28.3 Å². The molecule has 3 N–H and O–H groups in total. The Kier molecular flexibility index (Phi) is 5.59. The van der Waals surface area contributed by atoms with Crippen LogP contribution in [0.5, 0.6) is 5.88 Å². The van der Waals surface area contributed by atoms with Gasteiger partial charge in [-0.15, -0.1) is 0 Å². The number of anilines is 1. The topological polar surface area (TPSA) is 111 Å². The summed E-state index contributed by atoms with van der Waals surface area (Å²) >= 11 is 0. The smallest absolute Gasteiger partial charge is 0.433 e. The third-order valence-electron chi connectivity index (χ3n) is 4.11. The summed E-state index contributed by atoms with van der Waals surface area (Å²) in [5.74, 6) is -1.73. The first-order valence-corrected chi connectivity index (χ1v) is 8.75. The van der Waals surface area contributed by atoms with Gasteiger partial charge in [0, 0.05) is 11.3 Å². The molecular formula is C20H17F3N4O3. The fourth-order valence-corrected chi connectivity index (χ4v) is 2.78. The van der Waals surface area contributed by atoms with Crippen LogP contribution < -0.4 is 10.5 Å². The molecule has 1 unspecified atom stereocenters. The molecule has 0 saturated carbocycles. The molecule has 0 fully saturated rings. The molecule has 0 amide bonds. The number of carboxylic acid groups (broad SMARTS) is 1. The standard InChI is InChI=1S/C20H17F3N4O3/c1-10-8-13(9-14(25-10)20(21,22)23)15-16(12-6-4-3-5-7-12)26-19(24)27-17(15)30-11(2)18(28)29/h3-9,11H,1-2H3,(H,28,29)(H2,24,26,27). The zero-order valence-corrected chi connectivity index (χ0v) is 15.9. The Balaban J connectivity index is 2.33. The van der Waals surface area contributed by atoms with E-state index in [0.717, 1.165) is 6.07 Å². The second-order valence-corrected chi connectivity index (χ2v) is 6.46.